The second kappa shape index (κ2) is 6.99. The molecule has 3 amide bonds. The fraction of sp³-hybridized carbons (Fsp3) is 0.591. The van der Waals surface area contributed by atoms with Crippen molar-refractivity contribution in [2.24, 2.45) is 5.73 Å². The van der Waals surface area contributed by atoms with Crippen LogP contribution in [0.25, 0.3) is 0 Å². The van der Waals surface area contributed by atoms with Crippen molar-refractivity contribution < 1.29 is 14.3 Å². The van der Waals surface area contributed by atoms with E-state index in [1.807, 2.05) is 18.6 Å². The van der Waals surface area contributed by atoms with Gasteiger partial charge >= 0.3 is 6.03 Å². The van der Waals surface area contributed by atoms with Gasteiger partial charge in [-0.2, -0.15) is 0 Å². The van der Waals surface area contributed by atoms with E-state index in [4.69, 9.17) is 10.5 Å². The molecule has 155 valence electrons. The molecule has 2 N–H and O–H groups in total. The lowest BCUT2D eigenvalue weighted by atomic mass is 9.91. The van der Waals surface area contributed by atoms with Gasteiger partial charge in [-0.25, -0.2) is 4.79 Å². The van der Waals surface area contributed by atoms with Gasteiger partial charge in [0.1, 0.15) is 5.54 Å². The Balaban J connectivity index is 1.28. The van der Waals surface area contributed by atoms with Gasteiger partial charge in [0, 0.05) is 31.7 Å². The Kier molecular flexibility index (Phi) is 4.55. The number of nitrogens with zero attached hydrogens (tertiary/aromatic N) is 3. The highest BCUT2D eigenvalue weighted by molar-refractivity contribution is 6.04. The van der Waals surface area contributed by atoms with Gasteiger partial charge in [-0.1, -0.05) is 12.1 Å². The van der Waals surface area contributed by atoms with Crippen LogP contribution in [0.3, 0.4) is 0 Å². The molecule has 1 saturated carbocycles. The first-order valence-corrected chi connectivity index (χ1v) is 10.7. The number of carbonyl (C=O) groups excluding carboxylic acids is 2. The summed E-state index contributed by atoms with van der Waals surface area (Å²) in [4.78, 5) is 30.8. The third-order valence-corrected chi connectivity index (χ3v) is 7.26. The Hall–Kier alpha value is -2.12. The third kappa shape index (κ3) is 3.11. The number of ether oxygens (including phenoxy) is 1. The molecule has 4 fully saturated rings. The lowest BCUT2D eigenvalue weighted by Gasteiger charge is -2.28. The molecule has 0 bridgehead atoms. The van der Waals surface area contributed by atoms with Gasteiger partial charge in [0.2, 0.25) is 5.91 Å². The first-order valence-electron chi connectivity index (χ1n) is 10.7. The van der Waals surface area contributed by atoms with Crippen molar-refractivity contribution in [3.8, 4) is 0 Å². The van der Waals surface area contributed by atoms with Crippen LogP contribution >= 0.6 is 0 Å². The minimum atomic E-state index is -0.953. The van der Waals surface area contributed by atoms with Crippen LogP contribution in [-0.2, 0) is 14.9 Å². The summed E-state index contributed by atoms with van der Waals surface area (Å²) < 4.78 is 5.44. The van der Waals surface area contributed by atoms with Gasteiger partial charge in [-0.05, 0) is 55.3 Å². The Morgan fingerprint density at radius 1 is 1.10 bits per heavy atom. The predicted octanol–water partition coefficient (Wildman–Crippen LogP) is 1.51. The maximum atomic E-state index is 12.9. The molecule has 1 radical (unpaired) electrons. The van der Waals surface area contributed by atoms with Crippen LogP contribution in [0.15, 0.2) is 24.3 Å². The molecular formula is C22H29N4O3. The number of amides is 3. The number of fused-ring (bicyclic) bond motifs is 1. The zero-order valence-corrected chi connectivity index (χ0v) is 16.8. The monoisotopic (exact) mass is 397 g/mol. The second-order valence-corrected chi connectivity index (χ2v) is 8.83. The zero-order chi connectivity index (χ0) is 20.1. The average molecular weight is 397 g/mol. The van der Waals surface area contributed by atoms with Gasteiger partial charge in [-0.15, -0.1) is 0 Å². The van der Waals surface area contributed by atoms with E-state index in [0.29, 0.717) is 19.5 Å². The van der Waals surface area contributed by atoms with Crippen molar-refractivity contribution >= 4 is 17.6 Å². The molecule has 7 nitrogen and oxygen atoms in total. The fourth-order valence-electron chi connectivity index (χ4n) is 5.15. The summed E-state index contributed by atoms with van der Waals surface area (Å²) in [6.45, 7) is 5.72. The van der Waals surface area contributed by atoms with Gasteiger partial charge in [0.15, 0.2) is 0 Å². The van der Waals surface area contributed by atoms with Crippen molar-refractivity contribution in [3.63, 3.8) is 0 Å². The Morgan fingerprint density at radius 3 is 2.45 bits per heavy atom. The molecule has 0 unspecified atom stereocenters. The highest BCUT2D eigenvalue weighted by Gasteiger charge is 2.57. The molecule has 0 spiro atoms. The quantitative estimate of drug-likeness (QED) is 0.789. The van der Waals surface area contributed by atoms with Crippen LogP contribution in [0.1, 0.15) is 31.2 Å². The lowest BCUT2D eigenvalue weighted by Crippen LogP contribution is -2.53. The Morgan fingerprint density at radius 2 is 1.83 bits per heavy atom. The van der Waals surface area contributed by atoms with Crippen LogP contribution in [0.4, 0.5) is 10.5 Å². The first-order chi connectivity index (χ1) is 14.0. The molecule has 7 heteroatoms. The molecule has 0 aromatic heterocycles. The summed E-state index contributed by atoms with van der Waals surface area (Å²) in [5.74, 6) is -0.442. The molecule has 29 heavy (non-hydrogen) atoms. The van der Waals surface area contributed by atoms with E-state index in [2.05, 4.69) is 17.0 Å². The summed E-state index contributed by atoms with van der Waals surface area (Å²) in [5, 5.41) is 0. The Labute approximate surface area is 171 Å². The van der Waals surface area contributed by atoms with E-state index in [-0.39, 0.29) is 11.4 Å². The van der Waals surface area contributed by atoms with Crippen LogP contribution in [-0.4, -0.2) is 73.2 Å². The van der Waals surface area contributed by atoms with Gasteiger partial charge in [-0.3, -0.25) is 14.6 Å². The normalized spacial score (nSPS) is 28.6. The maximum Gasteiger partial charge on any atom is 0.325 e. The summed E-state index contributed by atoms with van der Waals surface area (Å²) in [5.41, 5.74) is 7.19. The topological polar surface area (TPSA) is 79.1 Å². The van der Waals surface area contributed by atoms with Crippen LogP contribution in [0.5, 0.6) is 0 Å². The molecule has 3 saturated heterocycles. The zero-order valence-electron chi connectivity index (χ0n) is 16.8. The van der Waals surface area contributed by atoms with Crippen molar-refractivity contribution in [2.45, 2.75) is 36.6 Å². The number of rotatable bonds is 6. The highest BCUT2D eigenvalue weighted by Crippen LogP contribution is 2.51. The van der Waals surface area contributed by atoms with Gasteiger partial charge < -0.3 is 15.4 Å². The van der Waals surface area contributed by atoms with Crippen molar-refractivity contribution in [1.29, 1.82) is 0 Å². The van der Waals surface area contributed by atoms with Crippen molar-refractivity contribution in [2.75, 3.05) is 50.8 Å². The maximum absolute atomic E-state index is 12.9. The number of morpholine rings is 1. The van der Waals surface area contributed by atoms with Crippen LogP contribution < -0.4 is 10.6 Å². The number of primary amides is 1. The molecule has 4 aliphatic rings. The molecule has 1 aliphatic carbocycles. The van der Waals surface area contributed by atoms with Gasteiger partial charge in [0.25, 0.3) is 0 Å². The number of nitrogens with two attached hydrogens (primary N) is 1. The SMILES string of the molecule is NC(=O)[C@]12[CH]CCN1C(=O)N(c1ccc(C3(CCN4CCOCC4)CC3)cc1)C2. The molecule has 3 heterocycles. The van der Waals surface area contributed by atoms with E-state index in [0.717, 1.165) is 38.5 Å². The van der Waals surface area contributed by atoms with E-state index in [1.165, 1.54) is 24.8 Å². The van der Waals surface area contributed by atoms with Gasteiger partial charge in [0.05, 0.1) is 19.8 Å². The van der Waals surface area contributed by atoms with Crippen LogP contribution in [0, 0.1) is 6.42 Å². The first kappa shape index (κ1) is 18.9. The van der Waals surface area contributed by atoms with E-state index in [9.17, 15) is 9.59 Å². The summed E-state index contributed by atoms with van der Waals surface area (Å²) >= 11 is 0. The number of anilines is 1. The summed E-state index contributed by atoms with van der Waals surface area (Å²) in [6, 6.07) is 8.26. The lowest BCUT2D eigenvalue weighted by molar-refractivity contribution is -0.124. The second-order valence-electron chi connectivity index (χ2n) is 8.83. The highest BCUT2D eigenvalue weighted by atomic mass is 16.5. The van der Waals surface area contributed by atoms with Crippen molar-refractivity contribution in [1.82, 2.24) is 9.80 Å². The predicted molar refractivity (Wildman–Crippen MR) is 110 cm³/mol. The Bertz CT molecular complexity index is 801. The van der Waals surface area contributed by atoms with Crippen LogP contribution in [0.2, 0.25) is 0 Å². The standard InChI is InChI=1S/C22H29N4O3/c23-19(27)22-6-1-10-26(22)20(28)25(16-22)18-4-2-17(3-5-18)21(7-8-21)9-11-24-12-14-29-15-13-24/h2-6H,1,7-16H2,(H2,23,27)/t22-/m1/s1. The minimum absolute atomic E-state index is 0.126. The molecule has 1 atom stereocenters. The third-order valence-electron chi connectivity index (χ3n) is 7.26. The van der Waals surface area contributed by atoms with Crippen molar-refractivity contribution in [3.05, 3.63) is 36.2 Å². The van der Waals surface area contributed by atoms with E-state index >= 15 is 0 Å². The minimum Gasteiger partial charge on any atom is -0.379 e. The molecule has 5 rings (SSSR count). The van der Waals surface area contributed by atoms with E-state index < -0.39 is 11.4 Å². The summed E-state index contributed by atoms with van der Waals surface area (Å²) in [7, 11) is 0. The van der Waals surface area contributed by atoms with E-state index in [1.54, 1.807) is 9.80 Å². The number of urea groups is 1. The largest absolute Gasteiger partial charge is 0.379 e. The molecule has 1 aromatic carbocycles. The molecular weight excluding hydrogens is 368 g/mol. The number of carbonyl (C=O) groups is 2. The number of hydrogen-bond acceptors (Lipinski definition) is 4. The number of benzene rings is 1. The average Bonchev–Trinajstić information content (AvgIpc) is 3.32. The molecule has 3 aliphatic heterocycles. The number of hydrogen-bond donors (Lipinski definition) is 1. The molecule has 1 aromatic rings. The fourth-order valence-corrected chi connectivity index (χ4v) is 5.15. The summed E-state index contributed by atoms with van der Waals surface area (Å²) in [6.07, 6.45) is 6.24. The smallest absolute Gasteiger partial charge is 0.325 e.